The van der Waals surface area contributed by atoms with Gasteiger partial charge in [-0.1, -0.05) is 0 Å². The maximum absolute atomic E-state index is 14.6. The first kappa shape index (κ1) is 19.9. The number of tetrazole rings is 1. The van der Waals surface area contributed by atoms with Crippen molar-refractivity contribution in [2.24, 2.45) is 0 Å². The van der Waals surface area contributed by atoms with Crippen LogP contribution in [0, 0.1) is 17.1 Å². The summed E-state index contributed by atoms with van der Waals surface area (Å²) < 4.78 is 23.4. The summed E-state index contributed by atoms with van der Waals surface area (Å²) in [6.07, 6.45) is 3.42. The van der Waals surface area contributed by atoms with Gasteiger partial charge in [0.05, 0.1) is 25.4 Å². The third-order valence-corrected chi connectivity index (χ3v) is 5.05. The van der Waals surface area contributed by atoms with Crippen molar-refractivity contribution in [3.8, 4) is 23.2 Å². The molecule has 0 aliphatic carbocycles. The van der Waals surface area contributed by atoms with Crippen molar-refractivity contribution in [3.63, 3.8) is 0 Å². The SMILES string of the molecule is N#Cc1c(COc2ccc(-c3nnnn3CCO)cc2F)cnn1C1CCNCC1. The number of hydrogen-bond donors (Lipinski definition) is 2. The molecule has 1 fully saturated rings. The molecular formula is C19H21FN8O2. The van der Waals surface area contributed by atoms with Crippen molar-refractivity contribution in [2.75, 3.05) is 19.7 Å². The van der Waals surface area contributed by atoms with Crippen molar-refractivity contribution >= 4 is 0 Å². The zero-order chi connectivity index (χ0) is 20.9. The van der Waals surface area contributed by atoms with Gasteiger partial charge in [0.15, 0.2) is 17.4 Å². The Morgan fingerprint density at radius 3 is 2.90 bits per heavy atom. The lowest BCUT2D eigenvalue weighted by atomic mass is 10.1. The number of aliphatic hydroxyl groups is 1. The van der Waals surface area contributed by atoms with E-state index in [4.69, 9.17) is 9.84 Å². The monoisotopic (exact) mass is 412 g/mol. The van der Waals surface area contributed by atoms with Gasteiger partial charge in [0.1, 0.15) is 18.4 Å². The molecular weight excluding hydrogens is 391 g/mol. The molecule has 4 rings (SSSR count). The smallest absolute Gasteiger partial charge is 0.182 e. The molecule has 3 heterocycles. The largest absolute Gasteiger partial charge is 0.486 e. The normalized spacial score (nSPS) is 14.6. The standard InChI is InChI=1S/C19H21FN8O2/c20-16-9-13(19-24-25-26-27(19)7-8-29)1-2-18(16)30-12-14-11-23-28(17(14)10-21)15-3-5-22-6-4-15/h1-2,9,11,15,22,29H,3-8,12H2. The molecule has 156 valence electrons. The van der Waals surface area contributed by atoms with E-state index in [0.717, 1.165) is 25.9 Å². The molecule has 2 N–H and O–H groups in total. The van der Waals surface area contributed by atoms with Gasteiger partial charge in [-0.3, -0.25) is 4.68 Å². The van der Waals surface area contributed by atoms with Crippen LogP contribution in [0.2, 0.25) is 0 Å². The molecule has 2 aromatic heterocycles. The summed E-state index contributed by atoms with van der Waals surface area (Å²) in [6, 6.07) is 6.78. The number of nitrogens with one attached hydrogen (secondary N) is 1. The van der Waals surface area contributed by atoms with Gasteiger partial charge in [0.2, 0.25) is 0 Å². The molecule has 0 spiro atoms. The number of halogens is 1. The van der Waals surface area contributed by atoms with E-state index in [1.54, 1.807) is 16.9 Å². The topological polar surface area (TPSA) is 127 Å². The minimum Gasteiger partial charge on any atom is -0.486 e. The van der Waals surface area contributed by atoms with E-state index < -0.39 is 5.82 Å². The van der Waals surface area contributed by atoms with Crippen LogP contribution in [0.5, 0.6) is 5.75 Å². The molecule has 1 aromatic carbocycles. The number of piperidine rings is 1. The minimum atomic E-state index is -0.574. The van der Waals surface area contributed by atoms with E-state index in [0.29, 0.717) is 22.6 Å². The number of aromatic nitrogens is 6. The Morgan fingerprint density at radius 1 is 1.33 bits per heavy atom. The summed E-state index contributed by atoms with van der Waals surface area (Å²) in [4.78, 5) is 0. The fourth-order valence-electron chi connectivity index (χ4n) is 3.52. The number of aliphatic hydroxyl groups excluding tert-OH is 1. The molecule has 1 aliphatic rings. The molecule has 11 heteroatoms. The van der Waals surface area contributed by atoms with Gasteiger partial charge in [0, 0.05) is 11.1 Å². The van der Waals surface area contributed by atoms with Gasteiger partial charge in [0.25, 0.3) is 0 Å². The van der Waals surface area contributed by atoms with E-state index in [-0.39, 0.29) is 31.5 Å². The Morgan fingerprint density at radius 2 is 2.17 bits per heavy atom. The van der Waals surface area contributed by atoms with Gasteiger partial charge in [-0.25, -0.2) is 9.07 Å². The first-order valence-corrected chi connectivity index (χ1v) is 9.68. The molecule has 0 bridgehead atoms. The average molecular weight is 412 g/mol. The Hall–Kier alpha value is -3.36. The molecule has 0 radical (unpaired) electrons. The van der Waals surface area contributed by atoms with Gasteiger partial charge in [-0.2, -0.15) is 10.4 Å². The van der Waals surface area contributed by atoms with E-state index >= 15 is 0 Å². The zero-order valence-corrected chi connectivity index (χ0v) is 16.2. The maximum atomic E-state index is 14.6. The van der Waals surface area contributed by atoms with Crippen molar-refractivity contribution in [2.45, 2.75) is 32.0 Å². The highest BCUT2D eigenvalue weighted by Crippen LogP contribution is 2.26. The number of benzene rings is 1. The molecule has 0 unspecified atom stereocenters. The second-order valence-corrected chi connectivity index (χ2v) is 6.94. The highest BCUT2D eigenvalue weighted by atomic mass is 19.1. The predicted octanol–water partition coefficient (Wildman–Crippen LogP) is 1.04. The summed E-state index contributed by atoms with van der Waals surface area (Å²) in [5.74, 6) is -0.168. The van der Waals surface area contributed by atoms with Crippen molar-refractivity contribution in [1.29, 1.82) is 5.26 Å². The highest BCUT2D eigenvalue weighted by Gasteiger charge is 2.21. The second-order valence-electron chi connectivity index (χ2n) is 6.94. The van der Waals surface area contributed by atoms with Crippen molar-refractivity contribution in [1.82, 2.24) is 35.3 Å². The van der Waals surface area contributed by atoms with Crippen LogP contribution < -0.4 is 10.1 Å². The first-order chi connectivity index (χ1) is 14.7. The first-order valence-electron chi connectivity index (χ1n) is 9.68. The van der Waals surface area contributed by atoms with Gasteiger partial charge in [-0.05, 0) is 54.6 Å². The van der Waals surface area contributed by atoms with Crippen molar-refractivity contribution < 1.29 is 14.2 Å². The van der Waals surface area contributed by atoms with Crippen LogP contribution in [0.3, 0.4) is 0 Å². The third-order valence-electron chi connectivity index (χ3n) is 5.05. The molecule has 1 saturated heterocycles. The molecule has 30 heavy (non-hydrogen) atoms. The van der Waals surface area contributed by atoms with Crippen LogP contribution >= 0.6 is 0 Å². The number of rotatable bonds is 7. The van der Waals surface area contributed by atoms with Crippen LogP contribution in [-0.2, 0) is 13.2 Å². The summed E-state index contributed by atoms with van der Waals surface area (Å²) in [7, 11) is 0. The summed E-state index contributed by atoms with van der Waals surface area (Å²) in [5, 5.41) is 37.5. The fraction of sp³-hybridized carbons (Fsp3) is 0.421. The van der Waals surface area contributed by atoms with Crippen LogP contribution in [0.1, 0.15) is 30.1 Å². The lowest BCUT2D eigenvalue weighted by Gasteiger charge is -2.23. The summed E-state index contributed by atoms with van der Waals surface area (Å²) in [5.41, 5.74) is 1.53. The Balaban J connectivity index is 1.48. The van der Waals surface area contributed by atoms with Gasteiger partial charge < -0.3 is 15.2 Å². The molecule has 10 nitrogen and oxygen atoms in total. The highest BCUT2D eigenvalue weighted by molar-refractivity contribution is 5.56. The molecule has 0 amide bonds. The van der Waals surface area contributed by atoms with E-state index in [1.165, 1.54) is 16.8 Å². The molecule has 0 saturated carbocycles. The fourth-order valence-corrected chi connectivity index (χ4v) is 3.52. The Kier molecular flexibility index (Phi) is 5.97. The van der Waals surface area contributed by atoms with E-state index in [2.05, 4.69) is 32.0 Å². The van der Waals surface area contributed by atoms with E-state index in [9.17, 15) is 9.65 Å². The lowest BCUT2D eigenvalue weighted by molar-refractivity contribution is 0.268. The number of nitriles is 1. The Bertz CT molecular complexity index is 1050. The van der Waals surface area contributed by atoms with E-state index in [1.807, 2.05) is 0 Å². The second kappa shape index (κ2) is 8.98. The lowest BCUT2D eigenvalue weighted by Crippen LogP contribution is -2.30. The number of ether oxygens (including phenoxy) is 1. The van der Waals surface area contributed by atoms with Crippen LogP contribution in [0.15, 0.2) is 24.4 Å². The number of hydrogen-bond acceptors (Lipinski definition) is 8. The average Bonchev–Trinajstić information content (AvgIpc) is 3.40. The summed E-state index contributed by atoms with van der Waals surface area (Å²) in [6.45, 7) is 1.89. The molecule has 3 aromatic rings. The van der Waals surface area contributed by atoms with Gasteiger partial charge in [-0.15, -0.1) is 5.10 Å². The van der Waals surface area contributed by atoms with Crippen LogP contribution in [-0.4, -0.2) is 54.8 Å². The van der Waals surface area contributed by atoms with Crippen molar-refractivity contribution in [3.05, 3.63) is 41.5 Å². The van der Waals surface area contributed by atoms with Gasteiger partial charge >= 0.3 is 0 Å². The zero-order valence-electron chi connectivity index (χ0n) is 16.2. The molecule has 1 aliphatic heterocycles. The molecule has 0 atom stereocenters. The number of nitrogens with zero attached hydrogens (tertiary/aromatic N) is 7. The van der Waals surface area contributed by atoms with Crippen LogP contribution in [0.4, 0.5) is 4.39 Å². The maximum Gasteiger partial charge on any atom is 0.182 e. The quantitative estimate of drug-likeness (QED) is 0.589. The predicted molar refractivity (Wildman–Crippen MR) is 103 cm³/mol. The summed E-state index contributed by atoms with van der Waals surface area (Å²) >= 11 is 0. The minimum absolute atomic E-state index is 0.0341. The Labute approximate surface area is 171 Å². The van der Waals surface area contributed by atoms with Crippen LogP contribution in [0.25, 0.3) is 11.4 Å². The third kappa shape index (κ3) is 4.00.